The number of hydrogen-bond donors (Lipinski definition) is 2. The molecule has 0 radical (unpaired) electrons. The van der Waals surface area contributed by atoms with Gasteiger partial charge in [-0.05, 0) is 31.5 Å². The van der Waals surface area contributed by atoms with E-state index in [0.29, 0.717) is 16.9 Å². The van der Waals surface area contributed by atoms with Crippen LogP contribution in [0.2, 0.25) is 0 Å². The summed E-state index contributed by atoms with van der Waals surface area (Å²) < 4.78 is 32.1. The Balaban J connectivity index is 2.42. The van der Waals surface area contributed by atoms with Crippen molar-refractivity contribution in [2.24, 2.45) is 0 Å². The van der Waals surface area contributed by atoms with Crippen molar-refractivity contribution in [2.75, 3.05) is 17.6 Å². The lowest BCUT2D eigenvalue weighted by atomic mass is 10.2. The van der Waals surface area contributed by atoms with Crippen LogP contribution in [-0.2, 0) is 10.0 Å². The van der Waals surface area contributed by atoms with E-state index in [1.165, 1.54) is 13.2 Å². The molecule has 0 spiro atoms. The number of hydrogen-bond acceptors (Lipinski definition) is 6. The normalized spacial score (nSPS) is 11.2. The molecule has 0 atom stereocenters. The van der Waals surface area contributed by atoms with Crippen LogP contribution in [0, 0.1) is 13.8 Å². The van der Waals surface area contributed by atoms with Crippen molar-refractivity contribution in [1.82, 2.24) is 9.97 Å². The Kier molecular flexibility index (Phi) is 3.99. The quantitative estimate of drug-likeness (QED) is 0.829. The molecule has 1 aromatic carbocycles. The van der Waals surface area contributed by atoms with Gasteiger partial charge in [-0.1, -0.05) is 6.07 Å². The van der Waals surface area contributed by atoms with Gasteiger partial charge in [0.15, 0.2) is 0 Å². The first-order chi connectivity index (χ1) is 9.83. The van der Waals surface area contributed by atoms with Crippen LogP contribution in [0.1, 0.15) is 11.3 Å². The molecule has 7 nitrogen and oxygen atoms in total. The van der Waals surface area contributed by atoms with Crippen molar-refractivity contribution in [2.45, 2.75) is 18.7 Å². The lowest BCUT2D eigenvalue weighted by molar-refractivity contribution is 0.397. The van der Waals surface area contributed by atoms with Crippen molar-refractivity contribution in [3.05, 3.63) is 35.5 Å². The van der Waals surface area contributed by atoms with Gasteiger partial charge in [0.1, 0.15) is 0 Å². The second-order valence-electron chi connectivity index (χ2n) is 4.45. The SMILES string of the molecule is COc1cc(C)nc(NS(=O)(=O)c2cccc(N)c2C)n1. The smallest absolute Gasteiger partial charge is 0.264 e. The first kappa shape index (κ1) is 15.0. The number of aromatic nitrogens is 2. The second kappa shape index (κ2) is 5.57. The van der Waals surface area contributed by atoms with E-state index in [0.717, 1.165) is 0 Å². The monoisotopic (exact) mass is 308 g/mol. The maximum Gasteiger partial charge on any atom is 0.264 e. The summed E-state index contributed by atoms with van der Waals surface area (Å²) in [6, 6.07) is 6.29. The van der Waals surface area contributed by atoms with Crippen LogP contribution in [0.4, 0.5) is 11.6 Å². The third kappa shape index (κ3) is 3.22. The van der Waals surface area contributed by atoms with Crippen molar-refractivity contribution in [1.29, 1.82) is 0 Å². The molecule has 2 aromatic rings. The molecule has 0 aliphatic carbocycles. The zero-order chi connectivity index (χ0) is 15.6. The summed E-state index contributed by atoms with van der Waals surface area (Å²) in [5.41, 5.74) is 7.20. The van der Waals surface area contributed by atoms with E-state index in [-0.39, 0.29) is 16.7 Å². The molecule has 21 heavy (non-hydrogen) atoms. The molecule has 8 heteroatoms. The molecule has 0 saturated heterocycles. The summed E-state index contributed by atoms with van der Waals surface area (Å²) in [5, 5.41) is 0. The number of methoxy groups -OCH3 is 1. The molecular formula is C13H16N4O3S. The average Bonchev–Trinajstić information content (AvgIpc) is 2.40. The number of ether oxygens (including phenoxy) is 1. The number of nitrogens with one attached hydrogen (secondary N) is 1. The summed E-state index contributed by atoms with van der Waals surface area (Å²) in [7, 11) is -2.37. The lowest BCUT2D eigenvalue weighted by Crippen LogP contribution is -2.17. The Hall–Kier alpha value is -2.35. The Labute approximate surface area is 123 Å². The minimum absolute atomic E-state index is 0.0475. The fraction of sp³-hybridized carbons (Fsp3) is 0.231. The average molecular weight is 308 g/mol. The van der Waals surface area contributed by atoms with Gasteiger partial charge in [0.25, 0.3) is 10.0 Å². The van der Waals surface area contributed by atoms with Crippen LogP contribution in [0.5, 0.6) is 5.88 Å². The predicted octanol–water partition coefficient (Wildman–Crippen LogP) is 1.49. The van der Waals surface area contributed by atoms with Gasteiger partial charge >= 0.3 is 0 Å². The maximum atomic E-state index is 12.4. The molecule has 1 heterocycles. The van der Waals surface area contributed by atoms with Crippen molar-refractivity contribution >= 4 is 21.7 Å². The Morgan fingerprint density at radius 2 is 1.95 bits per heavy atom. The highest BCUT2D eigenvalue weighted by atomic mass is 32.2. The molecular weight excluding hydrogens is 292 g/mol. The van der Waals surface area contributed by atoms with Crippen molar-refractivity contribution in [3.63, 3.8) is 0 Å². The number of rotatable bonds is 4. The van der Waals surface area contributed by atoms with Gasteiger partial charge < -0.3 is 10.5 Å². The molecule has 0 fully saturated rings. The third-order valence-corrected chi connectivity index (χ3v) is 4.35. The van der Waals surface area contributed by atoms with E-state index >= 15 is 0 Å². The summed E-state index contributed by atoms with van der Waals surface area (Å²) in [5.74, 6) is 0.234. The predicted molar refractivity (Wildman–Crippen MR) is 79.7 cm³/mol. The number of nitrogens with two attached hydrogens (primary N) is 1. The number of aryl methyl sites for hydroxylation is 1. The van der Waals surface area contributed by atoms with E-state index in [4.69, 9.17) is 10.5 Å². The van der Waals surface area contributed by atoms with E-state index in [9.17, 15) is 8.42 Å². The highest BCUT2D eigenvalue weighted by molar-refractivity contribution is 7.92. The van der Waals surface area contributed by atoms with Crippen molar-refractivity contribution in [3.8, 4) is 5.88 Å². The molecule has 112 valence electrons. The number of anilines is 2. The van der Waals surface area contributed by atoms with Crippen LogP contribution in [0.3, 0.4) is 0 Å². The van der Waals surface area contributed by atoms with Crippen LogP contribution in [0.25, 0.3) is 0 Å². The fourth-order valence-corrected chi connectivity index (χ4v) is 3.01. The van der Waals surface area contributed by atoms with Gasteiger partial charge in [0.2, 0.25) is 11.8 Å². The van der Waals surface area contributed by atoms with E-state index in [1.807, 2.05) is 0 Å². The second-order valence-corrected chi connectivity index (χ2v) is 6.10. The lowest BCUT2D eigenvalue weighted by Gasteiger charge is -2.11. The summed E-state index contributed by atoms with van der Waals surface area (Å²) >= 11 is 0. The van der Waals surface area contributed by atoms with Gasteiger partial charge in [-0.25, -0.2) is 18.1 Å². The summed E-state index contributed by atoms with van der Waals surface area (Å²) in [4.78, 5) is 8.08. The molecule has 2 rings (SSSR count). The van der Waals surface area contributed by atoms with Crippen LogP contribution in [-0.4, -0.2) is 25.5 Å². The van der Waals surface area contributed by atoms with Gasteiger partial charge in [-0.2, -0.15) is 4.98 Å². The molecule has 0 unspecified atom stereocenters. The molecule has 0 bridgehead atoms. The summed E-state index contributed by atoms with van der Waals surface area (Å²) in [6.07, 6.45) is 0. The number of sulfonamides is 1. The molecule has 3 N–H and O–H groups in total. The minimum Gasteiger partial charge on any atom is -0.481 e. The zero-order valence-electron chi connectivity index (χ0n) is 11.9. The topological polar surface area (TPSA) is 107 Å². The van der Waals surface area contributed by atoms with Gasteiger partial charge in [0.05, 0.1) is 12.0 Å². The van der Waals surface area contributed by atoms with Crippen LogP contribution < -0.4 is 15.2 Å². The number of nitrogen functional groups attached to an aromatic ring is 1. The zero-order valence-corrected chi connectivity index (χ0v) is 12.7. The first-order valence-electron chi connectivity index (χ1n) is 6.11. The first-order valence-corrected chi connectivity index (χ1v) is 7.59. The number of nitrogens with zero attached hydrogens (tertiary/aromatic N) is 2. The van der Waals surface area contributed by atoms with E-state index in [2.05, 4.69) is 14.7 Å². The minimum atomic E-state index is -3.82. The third-order valence-electron chi connectivity index (χ3n) is 2.88. The molecule has 0 aliphatic heterocycles. The van der Waals surface area contributed by atoms with Gasteiger partial charge in [-0.15, -0.1) is 0 Å². The van der Waals surface area contributed by atoms with Crippen LogP contribution in [0.15, 0.2) is 29.2 Å². The van der Waals surface area contributed by atoms with Crippen molar-refractivity contribution < 1.29 is 13.2 Å². The highest BCUT2D eigenvalue weighted by Crippen LogP contribution is 2.22. The Morgan fingerprint density at radius 1 is 1.24 bits per heavy atom. The molecule has 0 amide bonds. The Morgan fingerprint density at radius 3 is 2.62 bits per heavy atom. The number of benzene rings is 1. The maximum absolute atomic E-state index is 12.4. The molecule has 1 aromatic heterocycles. The van der Waals surface area contributed by atoms with Gasteiger partial charge in [0, 0.05) is 17.4 Å². The summed E-state index contributed by atoms with van der Waals surface area (Å²) in [6.45, 7) is 3.36. The molecule has 0 aliphatic rings. The molecule has 0 saturated carbocycles. The van der Waals surface area contributed by atoms with Crippen LogP contribution >= 0.6 is 0 Å². The largest absolute Gasteiger partial charge is 0.481 e. The Bertz CT molecular complexity index is 775. The highest BCUT2D eigenvalue weighted by Gasteiger charge is 2.19. The van der Waals surface area contributed by atoms with E-state index < -0.39 is 10.0 Å². The van der Waals surface area contributed by atoms with Gasteiger partial charge in [-0.3, -0.25) is 0 Å². The van der Waals surface area contributed by atoms with E-state index in [1.54, 1.807) is 32.0 Å². The standard InChI is InChI=1S/C13H16N4O3S/c1-8-7-12(20-3)16-13(15-8)17-21(18,19)11-6-4-5-10(14)9(11)2/h4-7H,14H2,1-3H3,(H,15,16,17). The fourth-order valence-electron chi connectivity index (χ4n) is 1.79.